The number of carbonyl (C=O) groups excluding carboxylic acids is 1. The second-order valence-corrected chi connectivity index (χ2v) is 11.1. The SMILES string of the molecule is CP(=O)(O)C(C(=O)C/C=C/c1cc(Cl)cc(Cl)c1)c1csc2ccc(Cl)cc12. The Morgan fingerprint density at radius 2 is 1.82 bits per heavy atom. The lowest BCUT2D eigenvalue weighted by atomic mass is 10.0. The average molecular weight is 474 g/mol. The number of halogens is 3. The van der Waals surface area contributed by atoms with Crippen LogP contribution in [0.5, 0.6) is 0 Å². The zero-order chi connectivity index (χ0) is 20.5. The first-order valence-electron chi connectivity index (χ1n) is 8.27. The summed E-state index contributed by atoms with van der Waals surface area (Å²) < 4.78 is 13.5. The van der Waals surface area contributed by atoms with Crippen molar-refractivity contribution in [1.82, 2.24) is 0 Å². The van der Waals surface area contributed by atoms with Gasteiger partial charge in [-0.3, -0.25) is 9.36 Å². The second kappa shape index (κ2) is 8.71. The number of hydrogen-bond donors (Lipinski definition) is 1. The van der Waals surface area contributed by atoms with Gasteiger partial charge in [0.1, 0.15) is 5.66 Å². The average Bonchev–Trinajstić information content (AvgIpc) is 2.95. The highest BCUT2D eigenvalue weighted by Crippen LogP contribution is 2.55. The number of allylic oxidation sites excluding steroid dienone is 1. The molecule has 0 amide bonds. The molecule has 8 heteroatoms. The summed E-state index contributed by atoms with van der Waals surface area (Å²) >= 11 is 19.4. The van der Waals surface area contributed by atoms with Crippen molar-refractivity contribution in [3.8, 4) is 0 Å². The minimum Gasteiger partial charge on any atom is -0.344 e. The molecule has 1 N–H and O–H groups in total. The molecule has 0 bridgehead atoms. The topological polar surface area (TPSA) is 54.4 Å². The zero-order valence-corrected chi connectivity index (χ0v) is 18.7. The van der Waals surface area contributed by atoms with Gasteiger partial charge in [-0.2, -0.15) is 0 Å². The van der Waals surface area contributed by atoms with Crippen LogP contribution < -0.4 is 0 Å². The molecule has 2 unspecified atom stereocenters. The molecule has 0 saturated heterocycles. The quantitative estimate of drug-likeness (QED) is 0.378. The fourth-order valence-electron chi connectivity index (χ4n) is 3.03. The summed E-state index contributed by atoms with van der Waals surface area (Å²) in [4.78, 5) is 23.2. The fraction of sp³-hybridized carbons (Fsp3) is 0.150. The molecule has 1 aromatic heterocycles. The molecule has 3 rings (SSSR count). The first-order chi connectivity index (χ1) is 13.1. The van der Waals surface area contributed by atoms with Gasteiger partial charge in [0.25, 0.3) is 0 Å². The van der Waals surface area contributed by atoms with Crippen LogP contribution in [0.1, 0.15) is 23.2 Å². The van der Waals surface area contributed by atoms with Crippen LogP contribution in [0.4, 0.5) is 0 Å². The molecule has 0 aliphatic rings. The molecule has 2 aromatic carbocycles. The van der Waals surface area contributed by atoms with Crippen molar-refractivity contribution in [2.24, 2.45) is 0 Å². The van der Waals surface area contributed by atoms with Crippen molar-refractivity contribution in [2.75, 3.05) is 6.66 Å². The van der Waals surface area contributed by atoms with Gasteiger partial charge >= 0.3 is 0 Å². The van der Waals surface area contributed by atoms with Crippen LogP contribution in [0.15, 0.2) is 47.9 Å². The van der Waals surface area contributed by atoms with Gasteiger partial charge in [0.2, 0.25) is 7.37 Å². The van der Waals surface area contributed by atoms with Crippen LogP contribution in [-0.4, -0.2) is 17.3 Å². The van der Waals surface area contributed by atoms with E-state index in [2.05, 4.69) is 0 Å². The van der Waals surface area contributed by atoms with Crippen LogP contribution in [0.25, 0.3) is 16.2 Å². The maximum absolute atomic E-state index is 12.9. The molecule has 0 aliphatic heterocycles. The van der Waals surface area contributed by atoms with Gasteiger partial charge in [-0.25, -0.2) is 0 Å². The number of carbonyl (C=O) groups is 1. The standard InChI is InChI=1S/C20H16Cl3O3PS/c1-27(25,26)20(17-11-28-19-6-5-13(21)10-16(17)19)18(24)4-2-3-12-7-14(22)9-15(23)8-12/h2-3,5-11,20H,4H2,1H3,(H,25,26)/b3-2+. The summed E-state index contributed by atoms with van der Waals surface area (Å²) in [6, 6.07) is 10.4. The van der Waals surface area contributed by atoms with Crippen molar-refractivity contribution in [2.45, 2.75) is 12.1 Å². The number of Topliss-reactive ketones (excluding diaryl/α,β-unsaturated/α-hetero) is 1. The first kappa shape index (κ1) is 21.6. The molecule has 28 heavy (non-hydrogen) atoms. The third-order valence-electron chi connectivity index (χ3n) is 4.16. The predicted molar refractivity (Wildman–Crippen MR) is 120 cm³/mol. The Kier molecular flexibility index (Phi) is 6.71. The molecule has 0 aliphatic carbocycles. The third-order valence-corrected chi connectivity index (χ3v) is 7.34. The van der Waals surface area contributed by atoms with Gasteiger partial charge in [-0.1, -0.05) is 47.0 Å². The maximum atomic E-state index is 12.9. The van der Waals surface area contributed by atoms with Crippen LogP contribution in [0.3, 0.4) is 0 Å². The summed E-state index contributed by atoms with van der Waals surface area (Å²) in [5, 5.41) is 3.99. The van der Waals surface area contributed by atoms with Crippen LogP contribution in [-0.2, 0) is 9.36 Å². The molecule has 146 valence electrons. The number of thiophene rings is 1. The van der Waals surface area contributed by atoms with E-state index in [0.29, 0.717) is 20.6 Å². The smallest absolute Gasteiger partial charge is 0.212 e. The van der Waals surface area contributed by atoms with E-state index in [9.17, 15) is 14.3 Å². The number of ketones is 1. The van der Waals surface area contributed by atoms with Gasteiger partial charge < -0.3 is 4.89 Å². The summed E-state index contributed by atoms with van der Waals surface area (Å²) in [5.74, 6) is -0.336. The van der Waals surface area contributed by atoms with Gasteiger partial charge in [-0.15, -0.1) is 11.3 Å². The van der Waals surface area contributed by atoms with Crippen molar-refractivity contribution in [3.63, 3.8) is 0 Å². The molecular weight excluding hydrogens is 458 g/mol. The minimum atomic E-state index is -3.73. The summed E-state index contributed by atoms with van der Waals surface area (Å²) in [6.07, 6.45) is 3.37. The Bertz CT molecular complexity index is 1100. The summed E-state index contributed by atoms with van der Waals surface area (Å²) in [7, 11) is -3.73. The van der Waals surface area contributed by atoms with Crippen LogP contribution in [0, 0.1) is 0 Å². The van der Waals surface area contributed by atoms with Crippen LogP contribution in [0.2, 0.25) is 15.1 Å². The van der Waals surface area contributed by atoms with E-state index in [-0.39, 0.29) is 12.2 Å². The van der Waals surface area contributed by atoms with E-state index < -0.39 is 13.0 Å². The largest absolute Gasteiger partial charge is 0.344 e. The molecule has 0 radical (unpaired) electrons. The molecule has 3 nitrogen and oxygen atoms in total. The van der Waals surface area contributed by atoms with Crippen molar-refractivity contribution in [3.05, 3.63) is 74.0 Å². The highest BCUT2D eigenvalue weighted by Gasteiger charge is 2.35. The predicted octanol–water partition coefficient (Wildman–Crippen LogP) is 7.48. The van der Waals surface area contributed by atoms with E-state index >= 15 is 0 Å². The van der Waals surface area contributed by atoms with Crippen molar-refractivity contribution < 1.29 is 14.3 Å². The lowest BCUT2D eigenvalue weighted by Crippen LogP contribution is -2.11. The molecule has 1 heterocycles. The molecule has 0 saturated carbocycles. The fourth-order valence-corrected chi connectivity index (χ4v) is 6.18. The molecule has 0 fully saturated rings. The van der Waals surface area contributed by atoms with E-state index in [1.54, 1.807) is 47.9 Å². The number of benzene rings is 2. The zero-order valence-electron chi connectivity index (χ0n) is 14.7. The minimum absolute atomic E-state index is 0.00505. The van der Waals surface area contributed by atoms with E-state index in [4.69, 9.17) is 34.8 Å². The normalized spacial score (nSPS) is 15.0. The highest BCUT2D eigenvalue weighted by atomic mass is 35.5. The Morgan fingerprint density at radius 3 is 2.46 bits per heavy atom. The van der Waals surface area contributed by atoms with E-state index in [0.717, 1.165) is 15.6 Å². The Balaban J connectivity index is 1.89. The van der Waals surface area contributed by atoms with Gasteiger partial charge in [0, 0.05) is 32.9 Å². The van der Waals surface area contributed by atoms with E-state index in [1.807, 2.05) is 6.07 Å². The summed E-state index contributed by atoms with van der Waals surface area (Å²) in [6.45, 7) is 1.21. The molecule has 2 atom stereocenters. The van der Waals surface area contributed by atoms with Crippen molar-refractivity contribution in [1.29, 1.82) is 0 Å². The Hall–Kier alpha value is -1.13. The highest BCUT2D eigenvalue weighted by molar-refractivity contribution is 7.58. The van der Waals surface area contributed by atoms with Crippen molar-refractivity contribution >= 4 is 75.5 Å². The molecular formula is C20H16Cl3O3PS. The summed E-state index contributed by atoms with van der Waals surface area (Å²) in [5.41, 5.74) is 0.186. The second-order valence-electron chi connectivity index (χ2n) is 6.45. The van der Waals surface area contributed by atoms with Gasteiger partial charge in [0.15, 0.2) is 5.78 Å². The monoisotopic (exact) mass is 472 g/mol. The molecule has 0 spiro atoms. The number of fused-ring (bicyclic) bond motifs is 1. The number of rotatable bonds is 6. The number of hydrogen-bond acceptors (Lipinski definition) is 3. The van der Waals surface area contributed by atoms with Gasteiger partial charge in [0.05, 0.1) is 0 Å². The molecule has 3 aromatic rings. The maximum Gasteiger partial charge on any atom is 0.212 e. The lowest BCUT2D eigenvalue weighted by Gasteiger charge is -2.18. The Labute approximate surface area is 182 Å². The third kappa shape index (κ3) is 5.07. The first-order valence-corrected chi connectivity index (χ1v) is 12.5. The lowest BCUT2D eigenvalue weighted by molar-refractivity contribution is -0.118. The van der Waals surface area contributed by atoms with E-state index in [1.165, 1.54) is 18.0 Å². The Morgan fingerprint density at radius 1 is 1.14 bits per heavy atom. The van der Waals surface area contributed by atoms with Crippen LogP contribution >= 0.6 is 53.5 Å². The van der Waals surface area contributed by atoms with Gasteiger partial charge in [-0.05, 0) is 58.3 Å².